The molecule has 5 heteroatoms. The third-order valence-corrected chi connectivity index (χ3v) is 16.7. The lowest BCUT2D eigenvalue weighted by atomic mass is 9.33. The molecular formula is C72H44BN3O. The number of aromatic nitrogens is 2. The van der Waals surface area contributed by atoms with Gasteiger partial charge in [0, 0.05) is 66.0 Å². The molecule has 15 aromatic rings. The predicted molar refractivity (Wildman–Crippen MR) is 323 cm³/mol. The molecule has 0 saturated carbocycles. The Morgan fingerprint density at radius 3 is 1.51 bits per heavy atom. The molecular weight excluding hydrogens is 934 g/mol. The Morgan fingerprint density at radius 1 is 0.299 bits per heavy atom. The zero-order valence-corrected chi connectivity index (χ0v) is 41.7. The fraction of sp³-hybridized carbons (Fsp3) is 0. The lowest BCUT2D eigenvalue weighted by molar-refractivity contribution is 0.669. The molecule has 17 rings (SSSR count). The van der Waals surface area contributed by atoms with E-state index in [-0.39, 0.29) is 6.71 Å². The summed E-state index contributed by atoms with van der Waals surface area (Å²) < 4.78 is 12.1. The molecule has 0 amide bonds. The molecule has 5 heterocycles. The van der Waals surface area contributed by atoms with Gasteiger partial charge in [0.15, 0.2) is 0 Å². The summed E-state index contributed by atoms with van der Waals surface area (Å²) >= 11 is 0. The van der Waals surface area contributed by atoms with Crippen LogP contribution in [0.15, 0.2) is 271 Å². The zero-order chi connectivity index (χ0) is 50.3. The molecule has 0 saturated heterocycles. The molecule has 12 aromatic carbocycles. The number of anilines is 3. The van der Waals surface area contributed by atoms with Gasteiger partial charge in [-0.15, -0.1) is 0 Å². The van der Waals surface area contributed by atoms with Crippen LogP contribution in [-0.2, 0) is 0 Å². The van der Waals surface area contributed by atoms with E-state index in [1.54, 1.807) is 0 Å². The van der Waals surface area contributed by atoms with Crippen LogP contribution in [0.25, 0.3) is 121 Å². The smallest absolute Gasteiger partial charge is 0.253 e. The van der Waals surface area contributed by atoms with Crippen molar-refractivity contribution in [3.63, 3.8) is 0 Å². The van der Waals surface area contributed by atoms with Crippen molar-refractivity contribution in [2.45, 2.75) is 0 Å². The minimum atomic E-state index is -0.204. The van der Waals surface area contributed by atoms with Crippen LogP contribution in [-0.4, -0.2) is 15.8 Å². The van der Waals surface area contributed by atoms with Gasteiger partial charge in [-0.05, 0) is 98.3 Å². The average molecular weight is 978 g/mol. The fourth-order valence-corrected chi connectivity index (χ4v) is 13.5. The van der Waals surface area contributed by atoms with Crippen LogP contribution in [0.4, 0.5) is 17.1 Å². The van der Waals surface area contributed by atoms with Crippen LogP contribution in [0.2, 0.25) is 0 Å². The highest BCUT2D eigenvalue weighted by Gasteiger charge is 2.45. The van der Waals surface area contributed by atoms with Crippen molar-refractivity contribution in [1.82, 2.24) is 9.13 Å². The SMILES string of the molecule is c1ccc(-c2ccc3c4ccc(-c5ccccc5)c5c4n(c3c2)-c2cc(-n3c4ccccc4c4ccccc43)cc3c2B5c2cc4oc5ccccc5c4cc2N3c2c(-c3ccccc3)cccc2-c2ccccc2)cc1. The quantitative estimate of drug-likeness (QED) is 0.155. The van der Waals surface area contributed by atoms with E-state index in [2.05, 4.69) is 281 Å². The lowest BCUT2D eigenvalue weighted by Gasteiger charge is -2.42. The number of rotatable bonds is 6. The van der Waals surface area contributed by atoms with Crippen molar-refractivity contribution in [3.05, 3.63) is 267 Å². The van der Waals surface area contributed by atoms with Crippen LogP contribution in [0.5, 0.6) is 0 Å². The Morgan fingerprint density at radius 2 is 0.844 bits per heavy atom. The van der Waals surface area contributed by atoms with Crippen molar-refractivity contribution in [2.75, 3.05) is 4.90 Å². The first-order chi connectivity index (χ1) is 38.2. The van der Waals surface area contributed by atoms with Crippen molar-refractivity contribution in [1.29, 1.82) is 0 Å². The lowest BCUT2D eigenvalue weighted by Crippen LogP contribution is -2.61. The molecule has 0 radical (unpaired) electrons. The minimum absolute atomic E-state index is 0.204. The van der Waals surface area contributed by atoms with E-state index in [0.29, 0.717) is 0 Å². The average Bonchev–Trinajstić information content (AvgIpc) is 4.39. The Kier molecular flexibility index (Phi) is 8.90. The molecule has 0 aliphatic carbocycles. The van der Waals surface area contributed by atoms with E-state index >= 15 is 0 Å². The summed E-state index contributed by atoms with van der Waals surface area (Å²) in [6, 6.07) is 98.7. The number of hydrogen-bond acceptors (Lipinski definition) is 2. The largest absolute Gasteiger partial charge is 0.456 e. The van der Waals surface area contributed by atoms with Crippen molar-refractivity contribution in [2.24, 2.45) is 0 Å². The molecule has 0 spiro atoms. The summed E-state index contributed by atoms with van der Waals surface area (Å²) in [6.45, 7) is -0.204. The number of hydrogen-bond donors (Lipinski definition) is 0. The standard InChI is InChI=1S/C72H44BN3O/c1-5-20-45(21-6-1)49-36-37-56-58-39-38-51(46-22-7-2-8-23-46)69-72(58)75(63(56)40-49)65-41-50(74-61-33-16-13-28-54(61)55-29-14-17-34-62(55)74)42-66-70(65)73(69)60-44-68-59(57-30-15-18-35-67(57)77-68)43-64(60)76(66)71-52(47-24-9-3-10-25-47)31-19-32-53(71)48-26-11-4-12-27-48/h1-44H. The van der Waals surface area contributed by atoms with Crippen LogP contribution >= 0.6 is 0 Å². The van der Waals surface area contributed by atoms with E-state index in [4.69, 9.17) is 4.42 Å². The maximum absolute atomic E-state index is 6.96. The van der Waals surface area contributed by atoms with Gasteiger partial charge < -0.3 is 18.5 Å². The number of nitrogens with zero attached hydrogens (tertiary/aromatic N) is 3. The van der Waals surface area contributed by atoms with Crippen molar-refractivity contribution >= 4 is 106 Å². The third-order valence-electron chi connectivity index (χ3n) is 16.7. The Bertz CT molecular complexity index is 4810. The maximum atomic E-state index is 6.96. The molecule has 0 fully saturated rings. The molecule has 3 aromatic heterocycles. The molecule has 0 atom stereocenters. The summed E-state index contributed by atoms with van der Waals surface area (Å²) in [5, 5.41) is 7.09. The van der Waals surface area contributed by atoms with Gasteiger partial charge >= 0.3 is 0 Å². The molecule has 77 heavy (non-hydrogen) atoms. The second-order valence-corrected chi connectivity index (χ2v) is 20.7. The summed E-state index contributed by atoms with van der Waals surface area (Å²) in [4.78, 5) is 2.64. The second kappa shape index (κ2) is 16.2. The first-order valence-electron chi connectivity index (χ1n) is 26.6. The van der Waals surface area contributed by atoms with Crippen molar-refractivity contribution in [3.8, 4) is 55.9 Å². The topological polar surface area (TPSA) is 26.2 Å². The van der Waals surface area contributed by atoms with E-state index in [1.165, 1.54) is 71.2 Å². The molecule has 2 aliphatic rings. The van der Waals surface area contributed by atoms with Crippen molar-refractivity contribution < 1.29 is 4.42 Å². The number of fused-ring (bicyclic) bond motifs is 13. The highest BCUT2D eigenvalue weighted by Crippen LogP contribution is 2.51. The second-order valence-electron chi connectivity index (χ2n) is 20.7. The summed E-state index contributed by atoms with van der Waals surface area (Å²) in [5.41, 5.74) is 25.2. The minimum Gasteiger partial charge on any atom is -0.456 e. The van der Waals surface area contributed by atoms with Gasteiger partial charge in [0.25, 0.3) is 6.71 Å². The van der Waals surface area contributed by atoms with Crippen LogP contribution in [0, 0.1) is 0 Å². The highest BCUT2D eigenvalue weighted by molar-refractivity contribution is 7.01. The fourth-order valence-electron chi connectivity index (χ4n) is 13.5. The molecule has 0 bridgehead atoms. The highest BCUT2D eigenvalue weighted by atomic mass is 16.3. The molecule has 2 aliphatic heterocycles. The van der Waals surface area contributed by atoms with Gasteiger partial charge in [-0.2, -0.15) is 0 Å². The summed E-state index contributed by atoms with van der Waals surface area (Å²) in [6.07, 6.45) is 0. The number of para-hydroxylation sites is 4. The van der Waals surface area contributed by atoms with Gasteiger partial charge in [-0.3, -0.25) is 0 Å². The first-order valence-corrected chi connectivity index (χ1v) is 26.6. The van der Waals surface area contributed by atoms with Crippen LogP contribution in [0.3, 0.4) is 0 Å². The van der Waals surface area contributed by atoms with Crippen LogP contribution < -0.4 is 21.3 Å². The van der Waals surface area contributed by atoms with Gasteiger partial charge in [-0.25, -0.2) is 0 Å². The van der Waals surface area contributed by atoms with Crippen LogP contribution in [0.1, 0.15) is 0 Å². The molecule has 356 valence electrons. The predicted octanol–water partition coefficient (Wildman–Crippen LogP) is 17.1. The maximum Gasteiger partial charge on any atom is 0.253 e. The Hall–Kier alpha value is -10.1. The zero-order valence-electron chi connectivity index (χ0n) is 41.7. The number of benzene rings is 12. The normalized spacial score (nSPS) is 12.6. The molecule has 0 N–H and O–H groups in total. The monoisotopic (exact) mass is 977 g/mol. The van der Waals surface area contributed by atoms with Gasteiger partial charge in [0.05, 0.1) is 27.9 Å². The number of furan rings is 1. The Labute approximate surface area is 444 Å². The Balaban J connectivity index is 1.11. The van der Waals surface area contributed by atoms with Gasteiger partial charge in [0.1, 0.15) is 11.2 Å². The van der Waals surface area contributed by atoms with Gasteiger partial charge in [-0.1, -0.05) is 218 Å². The first kappa shape index (κ1) is 42.3. The summed E-state index contributed by atoms with van der Waals surface area (Å²) in [7, 11) is 0. The van der Waals surface area contributed by atoms with E-state index in [1.807, 2.05) is 0 Å². The summed E-state index contributed by atoms with van der Waals surface area (Å²) in [5.74, 6) is 0. The molecule has 0 unspecified atom stereocenters. The van der Waals surface area contributed by atoms with E-state index < -0.39 is 0 Å². The van der Waals surface area contributed by atoms with Gasteiger partial charge in [0.2, 0.25) is 0 Å². The van der Waals surface area contributed by atoms with E-state index in [0.717, 1.165) is 83.7 Å². The van der Waals surface area contributed by atoms with E-state index in [9.17, 15) is 0 Å². The molecule has 4 nitrogen and oxygen atoms in total. The third kappa shape index (κ3) is 6.05.